The van der Waals surface area contributed by atoms with Crippen molar-refractivity contribution in [1.82, 2.24) is 19.8 Å². The lowest BCUT2D eigenvalue weighted by Gasteiger charge is -2.34. The maximum Gasteiger partial charge on any atom is 0.244 e. The molecule has 204 valence electrons. The summed E-state index contributed by atoms with van der Waals surface area (Å²) in [6.45, 7) is 5.36. The number of sulfonamides is 1. The number of aryl methyl sites for hydroxylation is 2. The van der Waals surface area contributed by atoms with E-state index in [0.29, 0.717) is 5.56 Å². The highest BCUT2D eigenvalue weighted by atomic mass is 32.2. The molecule has 0 spiro atoms. The smallest absolute Gasteiger partial charge is 0.244 e. The topological polar surface area (TPSA) is 98.8 Å². The molecule has 1 unspecified atom stereocenters. The van der Waals surface area contributed by atoms with Crippen LogP contribution in [0.15, 0.2) is 47.4 Å². The van der Waals surface area contributed by atoms with Crippen LogP contribution < -0.4 is 10.6 Å². The van der Waals surface area contributed by atoms with E-state index in [9.17, 15) is 18.0 Å². The van der Waals surface area contributed by atoms with Gasteiger partial charge in [-0.15, -0.1) is 0 Å². The highest BCUT2D eigenvalue weighted by Gasteiger charge is 2.40. The Morgan fingerprint density at radius 1 is 1.05 bits per heavy atom. The number of nitrogens with one attached hydrogen (secondary N) is 2. The molecule has 3 aliphatic rings. The van der Waals surface area contributed by atoms with Crippen molar-refractivity contribution in [3.8, 4) is 0 Å². The molecule has 2 amide bonds. The van der Waals surface area contributed by atoms with E-state index in [2.05, 4.69) is 33.7 Å². The Morgan fingerprint density at radius 3 is 2.63 bits per heavy atom. The average Bonchev–Trinajstić information content (AvgIpc) is 2.90. The Bertz CT molecular complexity index is 1290. The number of nitrogens with zero attached hydrogens (tertiary/aromatic N) is 2. The quantitative estimate of drug-likeness (QED) is 0.565. The van der Waals surface area contributed by atoms with Gasteiger partial charge in [-0.05, 0) is 80.4 Å². The molecule has 2 aliphatic heterocycles. The summed E-state index contributed by atoms with van der Waals surface area (Å²) in [5, 5.41) is 5.85. The predicted molar refractivity (Wildman–Crippen MR) is 146 cm³/mol. The van der Waals surface area contributed by atoms with E-state index >= 15 is 0 Å². The van der Waals surface area contributed by atoms with E-state index in [1.54, 1.807) is 31.2 Å². The van der Waals surface area contributed by atoms with Crippen LogP contribution in [0.2, 0.25) is 0 Å². The zero-order valence-electron chi connectivity index (χ0n) is 22.1. The number of amides is 2. The first-order valence-electron chi connectivity index (χ1n) is 13.8. The van der Waals surface area contributed by atoms with E-state index in [-0.39, 0.29) is 36.4 Å². The Labute approximate surface area is 225 Å². The summed E-state index contributed by atoms with van der Waals surface area (Å²) < 4.78 is 28.2. The molecule has 1 aliphatic carbocycles. The van der Waals surface area contributed by atoms with E-state index in [0.717, 1.165) is 44.5 Å². The van der Waals surface area contributed by atoms with Gasteiger partial charge < -0.3 is 10.6 Å². The van der Waals surface area contributed by atoms with Crippen molar-refractivity contribution in [2.45, 2.75) is 75.4 Å². The van der Waals surface area contributed by atoms with Gasteiger partial charge in [-0.3, -0.25) is 14.5 Å². The first kappa shape index (κ1) is 26.8. The number of likely N-dealkylation sites (tertiary alicyclic amines) is 1. The second kappa shape index (κ2) is 11.6. The van der Waals surface area contributed by atoms with Crippen molar-refractivity contribution in [1.29, 1.82) is 0 Å². The summed E-state index contributed by atoms with van der Waals surface area (Å²) in [6.07, 6.45) is 6.43. The van der Waals surface area contributed by atoms with Crippen LogP contribution in [0.5, 0.6) is 0 Å². The summed E-state index contributed by atoms with van der Waals surface area (Å²) in [7, 11) is -3.93. The van der Waals surface area contributed by atoms with Gasteiger partial charge in [0, 0.05) is 19.6 Å². The number of piperazine rings is 1. The summed E-state index contributed by atoms with van der Waals surface area (Å²) in [5.41, 5.74) is 4.33. The second-order valence-electron chi connectivity index (χ2n) is 10.8. The predicted octanol–water partition coefficient (Wildman–Crippen LogP) is 3.05. The van der Waals surface area contributed by atoms with Gasteiger partial charge in [0.25, 0.3) is 0 Å². The fourth-order valence-corrected chi connectivity index (χ4v) is 7.88. The maximum atomic E-state index is 13.5. The van der Waals surface area contributed by atoms with Crippen LogP contribution >= 0.6 is 0 Å². The van der Waals surface area contributed by atoms with Gasteiger partial charge in [0.1, 0.15) is 6.04 Å². The van der Waals surface area contributed by atoms with Crippen LogP contribution in [-0.4, -0.2) is 61.7 Å². The first-order chi connectivity index (χ1) is 18.3. The minimum atomic E-state index is -3.93. The highest BCUT2D eigenvalue weighted by molar-refractivity contribution is 7.89. The standard InChI is InChI=1S/C29H38N4O4S/c1-21-8-3-4-11-27(21)38(36,37)33-17-14-30-29(35)26(33)19-28(34)31-25-10-7-9-23-18-22(12-13-24(23)25)20-32-15-5-2-6-16-32/h3-4,8,11-13,18,25-26H,2,5-7,9-10,14-17,19-20H2,1H3,(H,30,35)(H,31,34)/t25-,26?/m1/s1. The number of rotatable bonds is 7. The molecule has 0 radical (unpaired) electrons. The summed E-state index contributed by atoms with van der Waals surface area (Å²) in [5.74, 6) is -0.748. The van der Waals surface area contributed by atoms with Crippen molar-refractivity contribution in [3.05, 3.63) is 64.7 Å². The number of piperidine rings is 1. The largest absolute Gasteiger partial charge is 0.353 e. The Kier molecular flexibility index (Phi) is 8.16. The van der Waals surface area contributed by atoms with Crippen molar-refractivity contribution < 1.29 is 18.0 Å². The van der Waals surface area contributed by atoms with Crippen molar-refractivity contribution in [3.63, 3.8) is 0 Å². The number of carbonyl (C=O) groups is 2. The lowest BCUT2D eigenvalue weighted by molar-refractivity contribution is -0.132. The molecule has 0 bridgehead atoms. The summed E-state index contributed by atoms with van der Waals surface area (Å²) >= 11 is 0. The molecule has 2 heterocycles. The van der Waals surface area contributed by atoms with E-state index in [1.165, 1.54) is 34.7 Å². The molecule has 2 saturated heterocycles. The molecule has 2 aromatic carbocycles. The summed E-state index contributed by atoms with van der Waals surface area (Å²) in [6, 6.07) is 12.1. The van der Waals surface area contributed by atoms with Crippen molar-refractivity contribution in [2.75, 3.05) is 26.2 Å². The van der Waals surface area contributed by atoms with E-state index in [1.807, 2.05) is 0 Å². The molecule has 9 heteroatoms. The van der Waals surface area contributed by atoms with Gasteiger partial charge in [-0.1, -0.05) is 42.8 Å². The number of fused-ring (bicyclic) bond motifs is 1. The average molecular weight is 539 g/mol. The fraction of sp³-hybridized carbons (Fsp3) is 0.517. The zero-order chi connectivity index (χ0) is 26.7. The highest BCUT2D eigenvalue weighted by Crippen LogP contribution is 2.31. The zero-order valence-corrected chi connectivity index (χ0v) is 22.9. The number of hydrogen-bond acceptors (Lipinski definition) is 5. The molecule has 38 heavy (non-hydrogen) atoms. The third-order valence-corrected chi connectivity index (χ3v) is 10.1. The van der Waals surface area contributed by atoms with Gasteiger partial charge in [0.15, 0.2) is 0 Å². The normalized spacial score (nSPS) is 22.9. The minimum absolute atomic E-state index is 0.131. The molecule has 0 saturated carbocycles. The molecule has 2 N–H and O–H groups in total. The third-order valence-electron chi connectivity index (χ3n) is 8.05. The SMILES string of the molecule is Cc1ccccc1S(=O)(=O)N1CCNC(=O)C1CC(=O)N[C@@H]1CCCc2cc(CN3CCCCC3)ccc21. The molecule has 5 rings (SSSR count). The maximum absolute atomic E-state index is 13.5. The molecular formula is C29H38N4O4S. The van der Waals surface area contributed by atoms with Crippen LogP contribution in [0.25, 0.3) is 0 Å². The van der Waals surface area contributed by atoms with E-state index < -0.39 is 22.0 Å². The molecule has 2 atom stereocenters. The first-order valence-corrected chi connectivity index (χ1v) is 15.3. The van der Waals surface area contributed by atoms with Gasteiger partial charge in [0.05, 0.1) is 17.4 Å². The van der Waals surface area contributed by atoms with Crippen LogP contribution in [-0.2, 0) is 32.6 Å². The summed E-state index contributed by atoms with van der Waals surface area (Å²) in [4.78, 5) is 28.7. The van der Waals surface area contributed by atoms with Crippen LogP contribution in [0.3, 0.4) is 0 Å². The van der Waals surface area contributed by atoms with Crippen LogP contribution in [0, 0.1) is 6.92 Å². The van der Waals surface area contributed by atoms with Gasteiger partial charge >= 0.3 is 0 Å². The molecule has 0 aromatic heterocycles. The number of benzene rings is 2. The van der Waals surface area contributed by atoms with Gasteiger partial charge in [-0.25, -0.2) is 8.42 Å². The van der Waals surface area contributed by atoms with Crippen LogP contribution in [0.4, 0.5) is 0 Å². The molecular weight excluding hydrogens is 500 g/mol. The van der Waals surface area contributed by atoms with Crippen molar-refractivity contribution >= 4 is 21.8 Å². The minimum Gasteiger partial charge on any atom is -0.353 e. The monoisotopic (exact) mass is 538 g/mol. The Balaban J connectivity index is 1.28. The van der Waals surface area contributed by atoms with Crippen LogP contribution in [0.1, 0.15) is 66.8 Å². The van der Waals surface area contributed by atoms with Crippen molar-refractivity contribution in [2.24, 2.45) is 0 Å². The molecule has 2 aromatic rings. The number of hydrogen-bond donors (Lipinski definition) is 2. The number of carbonyl (C=O) groups excluding carboxylic acids is 2. The van der Waals surface area contributed by atoms with Gasteiger partial charge in [-0.2, -0.15) is 4.31 Å². The second-order valence-corrected chi connectivity index (χ2v) is 12.6. The van der Waals surface area contributed by atoms with E-state index in [4.69, 9.17) is 0 Å². The van der Waals surface area contributed by atoms with Gasteiger partial charge in [0.2, 0.25) is 21.8 Å². The molecule has 2 fully saturated rings. The fourth-order valence-electron chi connectivity index (χ4n) is 6.07. The Morgan fingerprint density at radius 2 is 1.84 bits per heavy atom. The third kappa shape index (κ3) is 5.80. The Hall–Kier alpha value is -2.75. The molecule has 8 nitrogen and oxygen atoms in total. The lowest BCUT2D eigenvalue weighted by atomic mass is 9.86. The lowest BCUT2D eigenvalue weighted by Crippen LogP contribution is -2.58.